The Morgan fingerprint density at radius 3 is 2.65 bits per heavy atom. The molecular formula is C19H21ClF3N5O3. The fourth-order valence-corrected chi connectivity index (χ4v) is 4.04. The Kier molecular flexibility index (Phi) is 6.12. The van der Waals surface area contributed by atoms with Gasteiger partial charge in [0, 0.05) is 43.1 Å². The Hall–Kier alpha value is -2.69. The molecule has 8 nitrogen and oxygen atoms in total. The van der Waals surface area contributed by atoms with E-state index in [9.17, 15) is 18.0 Å². The van der Waals surface area contributed by atoms with Gasteiger partial charge >= 0.3 is 12.2 Å². The lowest BCUT2D eigenvalue weighted by Crippen LogP contribution is -2.41. The molecule has 31 heavy (non-hydrogen) atoms. The van der Waals surface area contributed by atoms with Gasteiger partial charge in [-0.2, -0.15) is 28.6 Å². The maximum atomic E-state index is 12.9. The van der Waals surface area contributed by atoms with Gasteiger partial charge in [0.1, 0.15) is 17.6 Å². The number of ether oxygens (including phenoxy) is 2. The largest absolute Gasteiger partial charge is 0.488 e. The van der Waals surface area contributed by atoms with Gasteiger partial charge in [-0.1, -0.05) is 11.6 Å². The van der Waals surface area contributed by atoms with E-state index in [0.29, 0.717) is 38.3 Å². The number of amides is 2. The zero-order valence-electron chi connectivity index (χ0n) is 16.4. The smallest absolute Gasteiger partial charge is 0.422 e. The lowest BCUT2D eigenvalue weighted by atomic mass is 10.1. The number of hydrogen-bond donors (Lipinski definition) is 1. The fraction of sp³-hybridized carbons (Fsp3) is 0.526. The number of H-pyrrole nitrogens is 1. The maximum absolute atomic E-state index is 12.9. The Balaban J connectivity index is 1.31. The molecule has 168 valence electrons. The lowest BCUT2D eigenvalue weighted by Gasteiger charge is -2.24. The molecule has 2 aliphatic heterocycles. The van der Waals surface area contributed by atoms with Gasteiger partial charge in [-0.3, -0.25) is 0 Å². The maximum Gasteiger partial charge on any atom is 0.422 e. The van der Waals surface area contributed by atoms with Crippen molar-refractivity contribution in [1.29, 1.82) is 0 Å². The average molecular weight is 460 g/mol. The van der Waals surface area contributed by atoms with Crippen molar-refractivity contribution in [2.45, 2.75) is 31.0 Å². The van der Waals surface area contributed by atoms with Crippen LogP contribution in [-0.4, -0.2) is 76.3 Å². The minimum Gasteiger partial charge on any atom is -0.488 e. The van der Waals surface area contributed by atoms with Crippen LogP contribution in [0, 0.1) is 0 Å². The number of hydrogen-bond acceptors (Lipinski definition) is 5. The molecule has 0 unspecified atom stereocenters. The van der Waals surface area contributed by atoms with E-state index in [1.807, 2.05) is 0 Å². The number of halogens is 4. The van der Waals surface area contributed by atoms with Crippen molar-refractivity contribution >= 4 is 17.6 Å². The molecule has 2 aliphatic rings. The molecule has 3 heterocycles. The molecule has 2 atom stereocenters. The quantitative estimate of drug-likeness (QED) is 0.740. The molecular weight excluding hydrogens is 439 g/mol. The van der Waals surface area contributed by atoms with E-state index in [-0.39, 0.29) is 28.8 Å². The minimum absolute atomic E-state index is 0.0262. The van der Waals surface area contributed by atoms with E-state index in [1.165, 1.54) is 18.2 Å². The monoisotopic (exact) mass is 459 g/mol. The highest BCUT2D eigenvalue weighted by molar-refractivity contribution is 6.30. The van der Waals surface area contributed by atoms with Crippen LogP contribution in [0.25, 0.3) is 0 Å². The second kappa shape index (κ2) is 8.81. The first kappa shape index (κ1) is 21.5. The van der Waals surface area contributed by atoms with Crippen LogP contribution in [0.15, 0.2) is 24.4 Å². The molecule has 1 aromatic heterocycles. The number of likely N-dealkylation sites (tertiary alicyclic amines) is 2. The standard InChI is InChI=1S/C19H21ClF3N5O3/c20-13-5-15(30-11-19(21,22)23)7-16(6-13)31-14-2-4-28(10-14)18(29)27-3-1-12(9-27)17-8-24-26-25-17/h5-8,12,14H,1-4,9-11H2,(H,24,25,26)/t12-,14+/m1/s1. The Morgan fingerprint density at radius 2 is 1.90 bits per heavy atom. The number of benzene rings is 1. The van der Waals surface area contributed by atoms with Crippen LogP contribution in [0.2, 0.25) is 5.02 Å². The van der Waals surface area contributed by atoms with Gasteiger partial charge in [0.05, 0.1) is 18.4 Å². The molecule has 2 aromatic rings. The molecule has 2 fully saturated rings. The van der Waals surface area contributed by atoms with Crippen LogP contribution in [0.5, 0.6) is 11.5 Å². The summed E-state index contributed by atoms with van der Waals surface area (Å²) in [5.74, 6) is 0.442. The Morgan fingerprint density at radius 1 is 1.16 bits per heavy atom. The van der Waals surface area contributed by atoms with Gasteiger partial charge in [-0.25, -0.2) is 4.79 Å². The molecule has 0 bridgehead atoms. The van der Waals surface area contributed by atoms with Gasteiger partial charge in [-0.05, 0) is 18.6 Å². The number of aromatic amines is 1. The summed E-state index contributed by atoms with van der Waals surface area (Å²) in [6.45, 7) is 0.736. The number of aromatic nitrogens is 3. The van der Waals surface area contributed by atoms with Gasteiger partial charge in [0.2, 0.25) is 0 Å². The van der Waals surface area contributed by atoms with Gasteiger partial charge < -0.3 is 19.3 Å². The molecule has 12 heteroatoms. The molecule has 0 aliphatic carbocycles. The fourth-order valence-electron chi connectivity index (χ4n) is 3.83. The van der Waals surface area contributed by atoms with E-state index in [1.54, 1.807) is 16.0 Å². The summed E-state index contributed by atoms with van der Waals surface area (Å²) in [5, 5.41) is 10.7. The molecule has 1 N–H and O–H groups in total. The summed E-state index contributed by atoms with van der Waals surface area (Å²) in [7, 11) is 0. The van der Waals surface area contributed by atoms with E-state index >= 15 is 0 Å². The normalized spacial score (nSPS) is 21.5. The summed E-state index contributed by atoms with van der Waals surface area (Å²) >= 11 is 5.98. The highest BCUT2D eigenvalue weighted by atomic mass is 35.5. The molecule has 2 saturated heterocycles. The minimum atomic E-state index is -4.45. The van der Waals surface area contributed by atoms with Crippen molar-refractivity contribution in [3.8, 4) is 11.5 Å². The number of nitrogens with one attached hydrogen (secondary N) is 1. The third-order valence-corrected chi connectivity index (χ3v) is 5.49. The number of alkyl halides is 3. The highest BCUT2D eigenvalue weighted by Gasteiger charge is 2.35. The van der Waals surface area contributed by atoms with Gasteiger partial charge in [0.25, 0.3) is 0 Å². The third-order valence-electron chi connectivity index (χ3n) is 5.28. The van der Waals surface area contributed by atoms with Gasteiger partial charge in [-0.15, -0.1) is 0 Å². The second-order valence-electron chi connectivity index (χ2n) is 7.61. The topological polar surface area (TPSA) is 83.6 Å². The molecule has 2 amide bonds. The van der Waals surface area contributed by atoms with Crippen molar-refractivity contribution in [2.75, 3.05) is 32.8 Å². The molecule has 0 spiro atoms. The van der Waals surface area contributed by atoms with E-state index in [2.05, 4.69) is 15.4 Å². The number of carbonyl (C=O) groups excluding carboxylic acids is 1. The molecule has 0 radical (unpaired) electrons. The SMILES string of the molecule is O=C(N1CC[C@H](Oc2cc(Cl)cc(OCC(F)(F)F)c2)C1)N1CC[C@@H](c2cn[nH]n2)C1. The van der Waals surface area contributed by atoms with Crippen molar-refractivity contribution in [3.63, 3.8) is 0 Å². The van der Waals surface area contributed by atoms with Crippen LogP contribution in [-0.2, 0) is 0 Å². The number of rotatable bonds is 5. The van der Waals surface area contributed by atoms with E-state index < -0.39 is 12.8 Å². The first-order valence-electron chi connectivity index (χ1n) is 9.83. The zero-order valence-corrected chi connectivity index (χ0v) is 17.2. The van der Waals surface area contributed by atoms with Crippen LogP contribution < -0.4 is 9.47 Å². The summed E-state index contributed by atoms with van der Waals surface area (Å²) in [4.78, 5) is 16.4. The summed E-state index contributed by atoms with van der Waals surface area (Å²) < 4.78 is 47.8. The van der Waals surface area contributed by atoms with Crippen molar-refractivity contribution < 1.29 is 27.4 Å². The first-order valence-corrected chi connectivity index (χ1v) is 10.2. The van der Waals surface area contributed by atoms with Crippen molar-refractivity contribution in [1.82, 2.24) is 25.2 Å². The molecule has 1 aromatic carbocycles. The second-order valence-corrected chi connectivity index (χ2v) is 8.05. The molecule has 0 saturated carbocycles. The van der Waals surface area contributed by atoms with Crippen LogP contribution >= 0.6 is 11.6 Å². The van der Waals surface area contributed by atoms with Crippen LogP contribution in [0.3, 0.4) is 0 Å². The number of nitrogens with zero attached hydrogens (tertiary/aromatic N) is 4. The summed E-state index contributed by atoms with van der Waals surface area (Å²) in [6.07, 6.45) is -1.62. The average Bonchev–Trinajstić information content (AvgIpc) is 3.45. The summed E-state index contributed by atoms with van der Waals surface area (Å²) in [5.41, 5.74) is 0.849. The Bertz CT molecular complexity index is 912. The number of carbonyl (C=O) groups is 1. The predicted molar refractivity (Wildman–Crippen MR) is 104 cm³/mol. The van der Waals surface area contributed by atoms with Crippen LogP contribution in [0.1, 0.15) is 24.5 Å². The van der Waals surface area contributed by atoms with Crippen molar-refractivity contribution in [2.24, 2.45) is 0 Å². The lowest BCUT2D eigenvalue weighted by molar-refractivity contribution is -0.153. The predicted octanol–water partition coefficient (Wildman–Crippen LogP) is 3.46. The highest BCUT2D eigenvalue weighted by Crippen LogP contribution is 2.30. The van der Waals surface area contributed by atoms with E-state index in [0.717, 1.165) is 12.1 Å². The number of urea groups is 1. The Labute approximate surface area is 181 Å². The zero-order chi connectivity index (χ0) is 22.0. The first-order chi connectivity index (χ1) is 14.8. The van der Waals surface area contributed by atoms with Gasteiger partial charge in [0.15, 0.2) is 6.61 Å². The summed E-state index contributed by atoms with van der Waals surface area (Å²) in [6, 6.07) is 4.11. The van der Waals surface area contributed by atoms with Crippen molar-refractivity contribution in [3.05, 3.63) is 35.1 Å². The molecule has 4 rings (SSSR count). The third kappa shape index (κ3) is 5.52. The van der Waals surface area contributed by atoms with Crippen LogP contribution in [0.4, 0.5) is 18.0 Å². The van der Waals surface area contributed by atoms with E-state index in [4.69, 9.17) is 21.1 Å².